The van der Waals surface area contributed by atoms with E-state index >= 15 is 0 Å². The third-order valence-electron chi connectivity index (χ3n) is 4.37. The molecule has 1 aliphatic carbocycles. The molecule has 98 valence electrons. The fraction of sp³-hybridized carbons (Fsp3) is 0.667. The number of aliphatic hydroxyl groups is 1. The first-order chi connectivity index (χ1) is 8.50. The van der Waals surface area contributed by atoms with Crippen LogP contribution in [0, 0.1) is 0 Å². The molecule has 2 aliphatic rings. The Kier molecular flexibility index (Phi) is 2.72. The van der Waals surface area contributed by atoms with Gasteiger partial charge in [0.2, 0.25) is 0 Å². The van der Waals surface area contributed by atoms with Crippen LogP contribution in [0.25, 0.3) is 0 Å². The molecular weight excluding hydrogens is 226 g/mol. The summed E-state index contributed by atoms with van der Waals surface area (Å²) in [5.74, 6) is 0.178. The molecule has 0 bridgehead atoms. The average molecular weight is 247 g/mol. The topological polar surface area (TPSA) is 42.4 Å². The Balaban J connectivity index is 1.92. The van der Waals surface area contributed by atoms with Crippen LogP contribution in [-0.2, 0) is 11.2 Å². The highest BCUT2D eigenvalue weighted by molar-refractivity contribution is 5.31. The number of hydrogen-bond donors (Lipinski definition) is 1. The van der Waals surface area contributed by atoms with E-state index in [0.717, 1.165) is 25.0 Å². The zero-order valence-corrected chi connectivity index (χ0v) is 11.1. The van der Waals surface area contributed by atoms with Crippen LogP contribution in [0.5, 0.6) is 0 Å². The van der Waals surface area contributed by atoms with Crippen molar-refractivity contribution >= 4 is 0 Å². The molecule has 0 radical (unpaired) electrons. The Morgan fingerprint density at radius 1 is 1.44 bits per heavy atom. The number of pyridine rings is 1. The molecule has 1 aromatic heterocycles. The lowest BCUT2D eigenvalue weighted by molar-refractivity contribution is -0.154. The second-order valence-corrected chi connectivity index (χ2v) is 6.28. The van der Waals surface area contributed by atoms with Crippen molar-refractivity contribution in [3.8, 4) is 0 Å². The van der Waals surface area contributed by atoms with Gasteiger partial charge in [0.1, 0.15) is 0 Å². The molecule has 0 saturated carbocycles. The highest BCUT2D eigenvalue weighted by atomic mass is 16.5. The normalized spacial score (nSPS) is 34.3. The Morgan fingerprint density at radius 2 is 2.28 bits per heavy atom. The minimum absolute atomic E-state index is 0.178. The summed E-state index contributed by atoms with van der Waals surface area (Å²) in [5.41, 5.74) is 1.53. The van der Waals surface area contributed by atoms with Crippen molar-refractivity contribution in [2.75, 3.05) is 6.61 Å². The molecule has 3 rings (SSSR count). The van der Waals surface area contributed by atoms with Crippen LogP contribution < -0.4 is 0 Å². The second-order valence-electron chi connectivity index (χ2n) is 6.28. The lowest BCUT2D eigenvalue weighted by atomic mass is 9.74. The minimum atomic E-state index is -0.651. The average Bonchev–Trinajstić information content (AvgIpc) is 2.71. The van der Waals surface area contributed by atoms with Crippen molar-refractivity contribution in [2.45, 2.75) is 56.7 Å². The summed E-state index contributed by atoms with van der Waals surface area (Å²) < 4.78 is 5.73. The number of hydrogen-bond acceptors (Lipinski definition) is 3. The van der Waals surface area contributed by atoms with Crippen molar-refractivity contribution in [1.82, 2.24) is 4.98 Å². The third-order valence-corrected chi connectivity index (χ3v) is 4.37. The van der Waals surface area contributed by atoms with Crippen LogP contribution in [-0.4, -0.2) is 27.9 Å². The maximum Gasteiger partial charge on any atom is 0.0780 e. The summed E-state index contributed by atoms with van der Waals surface area (Å²) in [5, 5.41) is 11.0. The first-order valence-electron chi connectivity index (χ1n) is 6.80. The van der Waals surface area contributed by atoms with E-state index in [1.807, 2.05) is 12.3 Å². The number of fused-ring (bicyclic) bond motifs is 1. The zero-order chi connectivity index (χ0) is 12.8. The molecule has 3 nitrogen and oxygen atoms in total. The van der Waals surface area contributed by atoms with Gasteiger partial charge in [-0.05, 0) is 38.3 Å². The molecule has 0 aromatic carbocycles. The fourth-order valence-corrected chi connectivity index (χ4v) is 3.61. The van der Waals surface area contributed by atoms with Gasteiger partial charge in [0.15, 0.2) is 0 Å². The van der Waals surface area contributed by atoms with E-state index in [0.29, 0.717) is 13.0 Å². The first kappa shape index (κ1) is 12.1. The number of nitrogens with zero attached hydrogens (tertiary/aromatic N) is 1. The summed E-state index contributed by atoms with van der Waals surface area (Å²) in [6.45, 7) is 4.76. The standard InChI is InChI=1S/C15H21NO2/c1-14(2)10-15(17,7-9-18-14)12-6-5-11-4-3-8-16-13(11)12/h3-4,8,12,17H,5-7,9-10H2,1-2H3. The van der Waals surface area contributed by atoms with Gasteiger partial charge in [0.25, 0.3) is 0 Å². The monoisotopic (exact) mass is 247 g/mol. The molecule has 1 aliphatic heterocycles. The van der Waals surface area contributed by atoms with Crippen molar-refractivity contribution in [3.05, 3.63) is 29.6 Å². The van der Waals surface area contributed by atoms with Crippen LogP contribution >= 0.6 is 0 Å². The summed E-state index contributed by atoms with van der Waals surface area (Å²) in [6, 6.07) is 4.12. The summed E-state index contributed by atoms with van der Waals surface area (Å²) in [4.78, 5) is 4.51. The van der Waals surface area contributed by atoms with Crippen LogP contribution in [0.2, 0.25) is 0 Å². The maximum absolute atomic E-state index is 11.0. The Bertz CT molecular complexity index is 458. The number of rotatable bonds is 1. The molecule has 1 N–H and O–H groups in total. The SMILES string of the molecule is CC1(C)CC(O)(C2CCc3cccnc32)CCO1. The first-order valence-corrected chi connectivity index (χ1v) is 6.80. The Labute approximate surface area is 108 Å². The van der Waals surface area contributed by atoms with Crippen molar-refractivity contribution < 1.29 is 9.84 Å². The molecule has 0 amide bonds. The summed E-state index contributed by atoms with van der Waals surface area (Å²) in [6.07, 6.45) is 5.30. The van der Waals surface area contributed by atoms with E-state index in [9.17, 15) is 5.11 Å². The molecule has 18 heavy (non-hydrogen) atoms. The summed E-state index contributed by atoms with van der Waals surface area (Å²) in [7, 11) is 0. The van der Waals surface area contributed by atoms with Crippen LogP contribution in [0.3, 0.4) is 0 Å². The Hall–Kier alpha value is -0.930. The van der Waals surface area contributed by atoms with E-state index in [1.54, 1.807) is 0 Å². The predicted octanol–water partition coefficient (Wildman–Crippen LogP) is 2.43. The molecule has 2 heterocycles. The number of ether oxygens (including phenoxy) is 1. The second kappa shape index (κ2) is 4.04. The van der Waals surface area contributed by atoms with E-state index in [4.69, 9.17) is 4.74 Å². The van der Waals surface area contributed by atoms with Gasteiger partial charge in [-0.3, -0.25) is 4.98 Å². The lowest BCUT2D eigenvalue weighted by Gasteiger charge is -2.44. The maximum atomic E-state index is 11.0. The predicted molar refractivity (Wildman–Crippen MR) is 69.5 cm³/mol. The van der Waals surface area contributed by atoms with E-state index in [1.165, 1.54) is 5.56 Å². The highest BCUT2D eigenvalue weighted by Crippen LogP contribution is 2.46. The van der Waals surface area contributed by atoms with Gasteiger partial charge >= 0.3 is 0 Å². The van der Waals surface area contributed by atoms with Gasteiger partial charge in [0, 0.05) is 30.7 Å². The zero-order valence-electron chi connectivity index (χ0n) is 11.1. The molecule has 1 saturated heterocycles. The van der Waals surface area contributed by atoms with Gasteiger partial charge in [0.05, 0.1) is 17.8 Å². The van der Waals surface area contributed by atoms with Crippen LogP contribution in [0.4, 0.5) is 0 Å². The molecule has 2 atom stereocenters. The van der Waals surface area contributed by atoms with Gasteiger partial charge in [-0.1, -0.05) is 6.07 Å². The quantitative estimate of drug-likeness (QED) is 0.828. The minimum Gasteiger partial charge on any atom is -0.389 e. The Morgan fingerprint density at radius 3 is 3.06 bits per heavy atom. The van der Waals surface area contributed by atoms with E-state index in [2.05, 4.69) is 24.9 Å². The van der Waals surface area contributed by atoms with E-state index < -0.39 is 5.60 Å². The molecule has 1 aromatic rings. The van der Waals surface area contributed by atoms with Gasteiger partial charge < -0.3 is 9.84 Å². The van der Waals surface area contributed by atoms with E-state index in [-0.39, 0.29) is 11.5 Å². The number of aryl methyl sites for hydroxylation is 1. The van der Waals surface area contributed by atoms with Crippen molar-refractivity contribution in [1.29, 1.82) is 0 Å². The smallest absolute Gasteiger partial charge is 0.0780 e. The lowest BCUT2D eigenvalue weighted by Crippen LogP contribution is -2.49. The molecule has 2 unspecified atom stereocenters. The molecule has 3 heteroatoms. The fourth-order valence-electron chi connectivity index (χ4n) is 3.61. The van der Waals surface area contributed by atoms with Gasteiger partial charge in [-0.15, -0.1) is 0 Å². The molecule has 1 fully saturated rings. The third kappa shape index (κ3) is 1.95. The van der Waals surface area contributed by atoms with Gasteiger partial charge in [-0.25, -0.2) is 0 Å². The molecular formula is C15H21NO2. The number of aromatic nitrogens is 1. The molecule has 0 spiro atoms. The van der Waals surface area contributed by atoms with Crippen LogP contribution in [0.15, 0.2) is 18.3 Å². The largest absolute Gasteiger partial charge is 0.389 e. The highest BCUT2D eigenvalue weighted by Gasteiger charge is 2.47. The van der Waals surface area contributed by atoms with Crippen molar-refractivity contribution in [3.63, 3.8) is 0 Å². The van der Waals surface area contributed by atoms with Gasteiger partial charge in [-0.2, -0.15) is 0 Å². The summed E-state index contributed by atoms with van der Waals surface area (Å²) >= 11 is 0. The van der Waals surface area contributed by atoms with Crippen LogP contribution in [0.1, 0.15) is 50.3 Å². The van der Waals surface area contributed by atoms with Crippen molar-refractivity contribution in [2.24, 2.45) is 0 Å².